The molecule has 0 fully saturated rings. The molecular weight excluding hydrogens is 466 g/mol. The summed E-state index contributed by atoms with van der Waals surface area (Å²) in [6.45, 7) is 0. The number of alkyl halides is 3. The zero-order chi connectivity index (χ0) is 22.8. The number of carbonyl (C=O) groups excluding carboxylic acids is 1. The summed E-state index contributed by atoms with van der Waals surface area (Å²) in [5, 5.41) is 4.32. The van der Waals surface area contributed by atoms with Gasteiger partial charge in [-0.05, 0) is 36.4 Å². The third-order valence-corrected chi connectivity index (χ3v) is 4.44. The van der Waals surface area contributed by atoms with Gasteiger partial charge in [0.05, 0.1) is 16.5 Å². The van der Waals surface area contributed by atoms with Gasteiger partial charge in [-0.25, -0.2) is 18.7 Å². The Bertz CT molecular complexity index is 1140. The standard InChI is InChI=1S/C19H11Cl2F5N4O/c20-12-6-10(1-3-14(12)22)28-16(31)5-9-8-27-18(30-17(9)19(24,25)26)29-11-2-4-15(23)13(21)7-11/h1-4,6-8H,5H2,(H,28,31)(H,27,29,30). The molecule has 1 aromatic heterocycles. The van der Waals surface area contributed by atoms with E-state index in [0.29, 0.717) is 0 Å². The SMILES string of the molecule is O=C(Cc1cnc(Nc2ccc(F)c(Cl)c2)nc1C(F)(F)F)Nc1ccc(F)c(Cl)c1. The molecule has 31 heavy (non-hydrogen) atoms. The van der Waals surface area contributed by atoms with E-state index >= 15 is 0 Å². The van der Waals surface area contributed by atoms with Crippen molar-refractivity contribution in [2.45, 2.75) is 12.6 Å². The van der Waals surface area contributed by atoms with E-state index in [1.807, 2.05) is 0 Å². The molecule has 5 nitrogen and oxygen atoms in total. The second-order valence-electron chi connectivity index (χ2n) is 6.17. The van der Waals surface area contributed by atoms with Crippen molar-refractivity contribution in [1.82, 2.24) is 9.97 Å². The Kier molecular flexibility index (Phi) is 6.61. The molecule has 0 aliphatic heterocycles. The molecule has 2 aromatic carbocycles. The van der Waals surface area contributed by atoms with Crippen molar-refractivity contribution in [1.29, 1.82) is 0 Å². The van der Waals surface area contributed by atoms with Gasteiger partial charge < -0.3 is 10.6 Å². The Morgan fingerprint density at radius 3 is 2.13 bits per heavy atom. The minimum absolute atomic E-state index is 0.109. The first-order valence-corrected chi connectivity index (χ1v) is 9.18. The van der Waals surface area contributed by atoms with Gasteiger partial charge in [-0.3, -0.25) is 4.79 Å². The van der Waals surface area contributed by atoms with E-state index in [1.165, 1.54) is 12.1 Å². The first kappa shape index (κ1) is 22.7. The van der Waals surface area contributed by atoms with Crippen LogP contribution in [0.3, 0.4) is 0 Å². The molecule has 0 aliphatic carbocycles. The molecule has 0 bridgehead atoms. The van der Waals surface area contributed by atoms with Crippen molar-refractivity contribution in [3.63, 3.8) is 0 Å². The van der Waals surface area contributed by atoms with Crippen LogP contribution in [-0.2, 0) is 17.4 Å². The van der Waals surface area contributed by atoms with E-state index in [9.17, 15) is 26.7 Å². The predicted octanol–water partition coefficient (Wildman–Crippen LogP) is 6.01. The number of hydrogen-bond acceptors (Lipinski definition) is 4. The van der Waals surface area contributed by atoms with Crippen LogP contribution in [-0.4, -0.2) is 15.9 Å². The first-order chi connectivity index (χ1) is 14.5. The largest absolute Gasteiger partial charge is 0.433 e. The Balaban J connectivity index is 1.81. The number of hydrogen-bond donors (Lipinski definition) is 2. The molecule has 0 spiro atoms. The normalized spacial score (nSPS) is 11.3. The van der Waals surface area contributed by atoms with E-state index < -0.39 is 47.3 Å². The maximum Gasteiger partial charge on any atom is 0.433 e. The zero-order valence-corrected chi connectivity index (χ0v) is 16.7. The van der Waals surface area contributed by atoms with E-state index in [4.69, 9.17) is 23.2 Å². The van der Waals surface area contributed by atoms with Gasteiger partial charge in [0.15, 0.2) is 5.69 Å². The number of carbonyl (C=O) groups is 1. The molecule has 3 aromatic rings. The van der Waals surface area contributed by atoms with Crippen LogP contribution < -0.4 is 10.6 Å². The highest BCUT2D eigenvalue weighted by molar-refractivity contribution is 6.31. The van der Waals surface area contributed by atoms with Crippen molar-refractivity contribution < 1.29 is 26.7 Å². The molecule has 1 heterocycles. The van der Waals surface area contributed by atoms with Gasteiger partial charge in [-0.2, -0.15) is 13.2 Å². The van der Waals surface area contributed by atoms with Gasteiger partial charge in [0.2, 0.25) is 11.9 Å². The summed E-state index contributed by atoms with van der Waals surface area (Å²) in [7, 11) is 0. The van der Waals surface area contributed by atoms with Gasteiger partial charge in [0.1, 0.15) is 11.6 Å². The minimum atomic E-state index is -4.88. The second kappa shape index (κ2) is 9.03. The highest BCUT2D eigenvalue weighted by atomic mass is 35.5. The highest BCUT2D eigenvalue weighted by Gasteiger charge is 2.36. The molecule has 0 radical (unpaired) electrons. The second-order valence-corrected chi connectivity index (χ2v) is 6.99. The Hall–Kier alpha value is -2.98. The summed E-state index contributed by atoms with van der Waals surface area (Å²) >= 11 is 11.3. The lowest BCUT2D eigenvalue weighted by molar-refractivity contribution is -0.141. The van der Waals surface area contributed by atoms with Crippen molar-refractivity contribution >= 4 is 46.4 Å². The van der Waals surface area contributed by atoms with Crippen molar-refractivity contribution in [3.05, 3.63) is 75.5 Å². The van der Waals surface area contributed by atoms with Crippen LogP contribution in [0.2, 0.25) is 10.0 Å². The molecule has 2 N–H and O–H groups in total. The van der Waals surface area contributed by atoms with E-state index in [2.05, 4.69) is 20.6 Å². The first-order valence-electron chi connectivity index (χ1n) is 8.43. The monoisotopic (exact) mass is 476 g/mol. The summed E-state index contributed by atoms with van der Waals surface area (Å²) in [5.41, 5.74) is -1.54. The van der Waals surface area contributed by atoms with Gasteiger partial charge >= 0.3 is 6.18 Å². The van der Waals surface area contributed by atoms with Gasteiger partial charge in [0, 0.05) is 23.1 Å². The van der Waals surface area contributed by atoms with Crippen molar-refractivity contribution in [3.8, 4) is 0 Å². The molecule has 0 saturated heterocycles. The fourth-order valence-electron chi connectivity index (χ4n) is 2.50. The molecule has 162 valence electrons. The number of aromatic nitrogens is 2. The average molecular weight is 477 g/mol. The molecule has 12 heteroatoms. The number of nitrogens with one attached hydrogen (secondary N) is 2. The van der Waals surface area contributed by atoms with Gasteiger partial charge in [0.25, 0.3) is 0 Å². The lowest BCUT2D eigenvalue weighted by Gasteiger charge is -2.14. The predicted molar refractivity (Wildman–Crippen MR) is 105 cm³/mol. The van der Waals surface area contributed by atoms with Crippen LogP contribution >= 0.6 is 23.2 Å². The van der Waals surface area contributed by atoms with Crippen LogP contribution in [0.4, 0.5) is 39.3 Å². The fourth-order valence-corrected chi connectivity index (χ4v) is 2.86. The Morgan fingerprint density at radius 1 is 0.968 bits per heavy atom. The van der Waals surface area contributed by atoms with Crippen LogP contribution in [0, 0.1) is 11.6 Å². The van der Waals surface area contributed by atoms with Gasteiger partial charge in [-0.15, -0.1) is 0 Å². The Morgan fingerprint density at radius 2 is 1.55 bits per heavy atom. The Labute approximate surface area is 182 Å². The maximum atomic E-state index is 13.5. The number of benzene rings is 2. The number of rotatable bonds is 5. The third kappa shape index (κ3) is 5.80. The average Bonchev–Trinajstić information content (AvgIpc) is 2.68. The molecule has 0 aliphatic rings. The lowest BCUT2D eigenvalue weighted by Crippen LogP contribution is -2.20. The smallest absolute Gasteiger partial charge is 0.326 e. The number of amides is 1. The molecule has 1 amide bonds. The summed E-state index contributed by atoms with van der Waals surface area (Å²) in [6, 6.07) is 6.76. The van der Waals surface area contributed by atoms with E-state index in [0.717, 1.165) is 30.5 Å². The number of anilines is 3. The topological polar surface area (TPSA) is 66.9 Å². The third-order valence-electron chi connectivity index (χ3n) is 3.86. The minimum Gasteiger partial charge on any atom is -0.326 e. The van der Waals surface area contributed by atoms with Crippen LogP contribution in [0.1, 0.15) is 11.3 Å². The van der Waals surface area contributed by atoms with Gasteiger partial charge in [-0.1, -0.05) is 23.2 Å². The number of nitrogens with zero attached hydrogens (tertiary/aromatic N) is 2. The summed E-state index contributed by atoms with van der Waals surface area (Å²) in [5.74, 6) is -2.65. The molecule has 0 atom stereocenters. The molecular formula is C19H11Cl2F5N4O. The molecule has 3 rings (SSSR count). The summed E-state index contributed by atoms with van der Waals surface area (Å²) in [6.07, 6.45) is -4.73. The van der Waals surface area contributed by atoms with Crippen molar-refractivity contribution in [2.24, 2.45) is 0 Å². The summed E-state index contributed by atoms with van der Waals surface area (Å²) < 4.78 is 66.8. The molecule has 0 unspecified atom stereocenters. The number of halogens is 7. The van der Waals surface area contributed by atoms with E-state index in [1.54, 1.807) is 0 Å². The highest BCUT2D eigenvalue weighted by Crippen LogP contribution is 2.32. The van der Waals surface area contributed by atoms with Crippen molar-refractivity contribution in [2.75, 3.05) is 10.6 Å². The van der Waals surface area contributed by atoms with Crippen LogP contribution in [0.25, 0.3) is 0 Å². The van der Waals surface area contributed by atoms with E-state index in [-0.39, 0.29) is 21.4 Å². The van der Waals surface area contributed by atoms with Crippen LogP contribution in [0.5, 0.6) is 0 Å². The summed E-state index contributed by atoms with van der Waals surface area (Å²) in [4.78, 5) is 19.4. The quantitative estimate of drug-likeness (QED) is 0.442. The van der Waals surface area contributed by atoms with Crippen LogP contribution in [0.15, 0.2) is 42.6 Å². The maximum absolute atomic E-state index is 13.5. The molecule has 0 saturated carbocycles. The fraction of sp³-hybridized carbons (Fsp3) is 0.105. The lowest BCUT2D eigenvalue weighted by atomic mass is 10.1. The zero-order valence-electron chi connectivity index (χ0n) is 15.2.